The molecule has 0 unspecified atom stereocenters. The molecule has 1 aliphatic heterocycles. The summed E-state index contributed by atoms with van der Waals surface area (Å²) in [4.78, 5) is 17.4. The smallest absolute Gasteiger partial charge is 0.321 e. The van der Waals surface area contributed by atoms with Crippen LogP contribution in [0, 0.1) is 0 Å². The molecule has 72 valence electrons. The standard InChI is InChI=1S/C5H11O5PS/c6-4-1-2-9-5(4)3-10-11(7,8)12/h4-6H,1-3H2,(H2,7,8,12)/t4-,5+/m0/s1/i2T/t2-,4-,5+. The van der Waals surface area contributed by atoms with Crippen molar-refractivity contribution >= 4 is 18.5 Å². The molecule has 0 radical (unpaired) electrons. The largest absolute Gasteiger partial charge is 0.390 e. The second kappa shape index (κ2) is 4.11. The normalized spacial score (nSPS) is 38.2. The maximum atomic E-state index is 9.25. The molecule has 0 aromatic rings. The van der Waals surface area contributed by atoms with Gasteiger partial charge in [0.1, 0.15) is 6.10 Å². The Hall–Kier alpha value is 0.450. The molecule has 0 aromatic heterocycles. The average molecular weight is 216 g/mol. The highest BCUT2D eigenvalue weighted by molar-refractivity contribution is 8.06. The summed E-state index contributed by atoms with van der Waals surface area (Å²) in [7, 11) is 0. The Bertz CT molecular complexity index is 221. The van der Waals surface area contributed by atoms with Gasteiger partial charge in [0.05, 0.1) is 14.1 Å². The van der Waals surface area contributed by atoms with Crippen LogP contribution in [0.5, 0.6) is 0 Å². The molecule has 0 aromatic carbocycles. The van der Waals surface area contributed by atoms with Gasteiger partial charge in [-0.1, -0.05) is 0 Å². The first-order valence-electron chi connectivity index (χ1n) is 3.92. The lowest BCUT2D eigenvalue weighted by molar-refractivity contribution is 0.00788. The van der Waals surface area contributed by atoms with Gasteiger partial charge in [0.2, 0.25) is 0 Å². The van der Waals surface area contributed by atoms with E-state index in [1.165, 1.54) is 0 Å². The fourth-order valence-electron chi connectivity index (χ4n) is 0.841. The third-order valence-electron chi connectivity index (χ3n) is 1.44. The molecule has 1 fully saturated rings. The predicted octanol–water partition coefficient (Wildman–Crippen LogP) is -0.638. The van der Waals surface area contributed by atoms with E-state index in [4.69, 9.17) is 15.9 Å². The minimum absolute atomic E-state index is 0.194. The van der Waals surface area contributed by atoms with Crippen molar-refractivity contribution in [3.05, 3.63) is 0 Å². The van der Waals surface area contributed by atoms with Crippen LogP contribution < -0.4 is 0 Å². The van der Waals surface area contributed by atoms with E-state index in [0.717, 1.165) is 0 Å². The highest BCUT2D eigenvalue weighted by atomic mass is 32.5. The van der Waals surface area contributed by atoms with E-state index < -0.39 is 25.5 Å². The zero-order valence-electron chi connectivity index (χ0n) is 7.16. The number of rotatable bonds is 3. The summed E-state index contributed by atoms with van der Waals surface area (Å²) in [6, 6.07) is 0. The molecule has 0 spiro atoms. The predicted molar refractivity (Wildman–Crippen MR) is 45.0 cm³/mol. The van der Waals surface area contributed by atoms with Crippen LogP contribution in [0.15, 0.2) is 0 Å². The first-order valence-corrected chi connectivity index (χ1v) is 5.97. The minimum Gasteiger partial charge on any atom is -0.390 e. The molecule has 1 saturated heterocycles. The number of aliphatic hydroxyl groups is 1. The first kappa shape index (κ1) is 9.02. The summed E-state index contributed by atoms with van der Waals surface area (Å²) < 4.78 is 16.6. The number of hydrogen-bond donors (Lipinski definition) is 3. The third-order valence-corrected chi connectivity index (χ3v) is 2.25. The van der Waals surface area contributed by atoms with Crippen molar-refractivity contribution in [1.82, 2.24) is 0 Å². The van der Waals surface area contributed by atoms with Crippen molar-refractivity contribution in [3.63, 3.8) is 0 Å². The van der Waals surface area contributed by atoms with Crippen LogP contribution in [0.1, 0.15) is 7.79 Å². The molecule has 5 nitrogen and oxygen atoms in total. The maximum Gasteiger partial charge on any atom is 0.321 e. The fourth-order valence-corrected chi connectivity index (χ4v) is 1.36. The van der Waals surface area contributed by atoms with E-state index in [9.17, 15) is 5.11 Å². The van der Waals surface area contributed by atoms with E-state index in [1.807, 2.05) is 0 Å². The topological polar surface area (TPSA) is 79.2 Å². The van der Waals surface area contributed by atoms with Crippen LogP contribution in [-0.2, 0) is 21.1 Å². The van der Waals surface area contributed by atoms with Gasteiger partial charge in [0, 0.05) is 6.58 Å². The highest BCUT2D eigenvalue weighted by Crippen LogP contribution is 2.37. The van der Waals surface area contributed by atoms with E-state index in [0.29, 0.717) is 0 Å². The van der Waals surface area contributed by atoms with Gasteiger partial charge in [0.25, 0.3) is 0 Å². The molecule has 3 N–H and O–H groups in total. The lowest BCUT2D eigenvalue weighted by Crippen LogP contribution is -2.25. The molecule has 1 aliphatic rings. The Morgan fingerprint density at radius 1 is 1.75 bits per heavy atom. The molecule has 3 atom stereocenters. The average Bonchev–Trinajstić information content (AvgIpc) is 2.24. The van der Waals surface area contributed by atoms with E-state index in [2.05, 4.69) is 16.3 Å². The van der Waals surface area contributed by atoms with Gasteiger partial charge in [-0.25, -0.2) is 0 Å². The zero-order valence-corrected chi connectivity index (χ0v) is 7.87. The second-order valence-corrected chi connectivity index (χ2v) is 5.10. The van der Waals surface area contributed by atoms with E-state index in [1.54, 1.807) is 0 Å². The zero-order chi connectivity index (χ0) is 10.1. The second-order valence-electron chi connectivity index (χ2n) is 2.43. The molecule has 12 heavy (non-hydrogen) atoms. The fraction of sp³-hybridized carbons (Fsp3) is 1.00. The van der Waals surface area contributed by atoms with Crippen molar-refractivity contribution in [3.8, 4) is 0 Å². The van der Waals surface area contributed by atoms with Gasteiger partial charge in [-0.3, -0.25) is 0 Å². The molecule has 1 rings (SSSR count). The van der Waals surface area contributed by atoms with Crippen LogP contribution in [0.3, 0.4) is 0 Å². The van der Waals surface area contributed by atoms with Gasteiger partial charge in [-0.15, -0.1) is 0 Å². The van der Waals surface area contributed by atoms with Crippen molar-refractivity contribution in [1.29, 1.82) is 0 Å². The molecule has 0 bridgehead atoms. The number of hydrogen-bond acceptors (Lipinski definition) is 4. The Balaban J connectivity index is 2.34. The molecule has 7 heteroatoms. The van der Waals surface area contributed by atoms with Crippen molar-refractivity contribution in [2.24, 2.45) is 0 Å². The van der Waals surface area contributed by atoms with E-state index >= 15 is 0 Å². The van der Waals surface area contributed by atoms with Crippen LogP contribution in [0.2, 0.25) is 0 Å². The molecule has 0 aliphatic carbocycles. The van der Waals surface area contributed by atoms with Crippen molar-refractivity contribution in [2.75, 3.05) is 13.2 Å². The monoisotopic (exact) mass is 216 g/mol. The summed E-state index contributed by atoms with van der Waals surface area (Å²) in [5.74, 6) is 0. The Morgan fingerprint density at radius 3 is 2.83 bits per heavy atom. The van der Waals surface area contributed by atoms with Gasteiger partial charge in [-0.2, -0.15) is 0 Å². The van der Waals surface area contributed by atoms with Crippen LogP contribution >= 0.6 is 6.72 Å². The first-order chi connectivity index (χ1) is 5.88. The molecule has 1 heterocycles. The lowest BCUT2D eigenvalue weighted by Gasteiger charge is -2.15. The molecular weight excluding hydrogens is 203 g/mol. The third kappa shape index (κ3) is 3.45. The van der Waals surface area contributed by atoms with Crippen molar-refractivity contribution in [2.45, 2.75) is 18.6 Å². The van der Waals surface area contributed by atoms with E-state index in [-0.39, 0.29) is 13.0 Å². The molecule has 0 saturated carbocycles. The summed E-state index contributed by atoms with van der Waals surface area (Å²) in [5, 5.41) is 9.25. The summed E-state index contributed by atoms with van der Waals surface area (Å²) in [6.07, 6.45) is -1.29. The van der Waals surface area contributed by atoms with Crippen LogP contribution in [-0.4, -0.2) is 40.3 Å². The van der Waals surface area contributed by atoms with Crippen LogP contribution in [0.4, 0.5) is 0 Å². The van der Waals surface area contributed by atoms with Crippen LogP contribution in [0.25, 0.3) is 0 Å². The van der Waals surface area contributed by atoms with Crippen molar-refractivity contribution < 1.29 is 25.5 Å². The molecular formula is C5H11O5PS. The number of aliphatic hydroxyl groups excluding tert-OH is 1. The maximum absolute atomic E-state index is 9.25. The Kier molecular flexibility index (Phi) is 3.09. The Labute approximate surface area is 76.6 Å². The Morgan fingerprint density at radius 2 is 2.42 bits per heavy atom. The SMILES string of the molecule is [3H][C@H]1C[C@H](O)[C@@H](COP(O)(O)=S)O1. The summed E-state index contributed by atoms with van der Waals surface area (Å²) >= 11 is 4.20. The summed E-state index contributed by atoms with van der Waals surface area (Å²) in [5.41, 5.74) is 0. The molecule has 0 amide bonds. The minimum atomic E-state index is -3.68. The van der Waals surface area contributed by atoms with Gasteiger partial charge < -0.3 is 24.2 Å². The summed E-state index contributed by atoms with van der Waals surface area (Å²) in [6.45, 7) is -4.66. The lowest BCUT2D eigenvalue weighted by atomic mass is 10.2. The van der Waals surface area contributed by atoms with Gasteiger partial charge in [0.15, 0.2) is 0 Å². The number of ether oxygens (including phenoxy) is 1. The van der Waals surface area contributed by atoms with Gasteiger partial charge in [-0.05, 0) is 18.2 Å². The van der Waals surface area contributed by atoms with Gasteiger partial charge >= 0.3 is 6.72 Å². The quantitative estimate of drug-likeness (QED) is 0.545. The highest BCUT2D eigenvalue weighted by Gasteiger charge is 2.27.